The van der Waals surface area contributed by atoms with Crippen LogP contribution >= 0.6 is 23.2 Å². The first-order valence-corrected chi connectivity index (χ1v) is 5.55. The van der Waals surface area contributed by atoms with E-state index in [2.05, 4.69) is 4.98 Å². The second kappa shape index (κ2) is 5.15. The normalized spacial score (nSPS) is 10.9. The molecule has 0 saturated carbocycles. The zero-order chi connectivity index (χ0) is 11.4. The fourth-order valence-corrected chi connectivity index (χ4v) is 1.68. The molecule has 0 unspecified atom stereocenters. The number of pyridine rings is 1. The summed E-state index contributed by atoms with van der Waals surface area (Å²) in [5.41, 5.74) is 1.98. The largest absolute Gasteiger partial charge is 0.265 e. The molecule has 2 rings (SSSR count). The lowest BCUT2D eigenvalue weighted by Gasteiger charge is -1.99. The summed E-state index contributed by atoms with van der Waals surface area (Å²) >= 11 is 12.0. The van der Waals surface area contributed by atoms with E-state index in [1.165, 1.54) is 0 Å². The van der Waals surface area contributed by atoms with E-state index in [1.54, 1.807) is 18.5 Å². The summed E-state index contributed by atoms with van der Waals surface area (Å²) in [5.74, 6) is 0. The van der Waals surface area contributed by atoms with Crippen LogP contribution in [0.15, 0.2) is 42.7 Å². The SMILES string of the molecule is Clc1cccc(/C=C\c2ccncc2)c1Cl. The van der Waals surface area contributed by atoms with Gasteiger partial charge in [-0.15, -0.1) is 0 Å². The maximum atomic E-state index is 6.06. The van der Waals surface area contributed by atoms with Crippen LogP contribution in [0, 0.1) is 0 Å². The maximum Gasteiger partial charge on any atom is 0.0664 e. The lowest BCUT2D eigenvalue weighted by atomic mass is 10.1. The minimum Gasteiger partial charge on any atom is -0.265 e. The summed E-state index contributed by atoms with van der Waals surface area (Å²) in [6, 6.07) is 9.42. The third-order valence-electron chi connectivity index (χ3n) is 2.14. The van der Waals surface area contributed by atoms with Crippen LogP contribution < -0.4 is 0 Å². The molecule has 0 aliphatic rings. The average Bonchev–Trinajstić information content (AvgIpc) is 2.32. The molecule has 0 amide bonds. The molecule has 0 spiro atoms. The van der Waals surface area contributed by atoms with Crippen molar-refractivity contribution in [2.75, 3.05) is 0 Å². The smallest absolute Gasteiger partial charge is 0.0664 e. The molecule has 3 heteroatoms. The van der Waals surface area contributed by atoms with Gasteiger partial charge in [-0.1, -0.05) is 47.5 Å². The molecular weight excluding hydrogens is 241 g/mol. The Bertz CT molecular complexity index is 507. The molecule has 80 valence electrons. The van der Waals surface area contributed by atoms with Crippen molar-refractivity contribution in [2.24, 2.45) is 0 Å². The van der Waals surface area contributed by atoms with E-state index in [4.69, 9.17) is 23.2 Å². The van der Waals surface area contributed by atoms with E-state index >= 15 is 0 Å². The highest BCUT2D eigenvalue weighted by molar-refractivity contribution is 6.42. The van der Waals surface area contributed by atoms with E-state index in [0.29, 0.717) is 10.0 Å². The predicted octanol–water partition coefficient (Wildman–Crippen LogP) is 4.56. The number of nitrogens with zero attached hydrogens (tertiary/aromatic N) is 1. The highest BCUT2D eigenvalue weighted by Gasteiger charge is 2.00. The van der Waals surface area contributed by atoms with Gasteiger partial charge in [0, 0.05) is 12.4 Å². The van der Waals surface area contributed by atoms with Gasteiger partial charge in [0.05, 0.1) is 10.0 Å². The molecule has 1 heterocycles. The average molecular weight is 250 g/mol. The van der Waals surface area contributed by atoms with Gasteiger partial charge in [-0.05, 0) is 29.3 Å². The first-order chi connectivity index (χ1) is 7.77. The minimum atomic E-state index is 0.568. The number of hydrogen-bond donors (Lipinski definition) is 0. The summed E-state index contributed by atoms with van der Waals surface area (Å²) in [7, 11) is 0. The zero-order valence-corrected chi connectivity index (χ0v) is 9.91. The summed E-state index contributed by atoms with van der Waals surface area (Å²) in [5, 5.41) is 1.15. The standard InChI is InChI=1S/C13H9Cl2N/c14-12-3-1-2-11(13(12)15)5-4-10-6-8-16-9-7-10/h1-9H/b5-4-. The second-order valence-electron chi connectivity index (χ2n) is 3.26. The molecule has 0 saturated heterocycles. The van der Waals surface area contributed by atoms with Gasteiger partial charge in [-0.3, -0.25) is 4.98 Å². The topological polar surface area (TPSA) is 12.9 Å². The molecule has 1 aromatic heterocycles. The molecule has 16 heavy (non-hydrogen) atoms. The van der Waals surface area contributed by atoms with Gasteiger partial charge in [0.1, 0.15) is 0 Å². The lowest BCUT2D eigenvalue weighted by Crippen LogP contribution is -1.77. The number of aromatic nitrogens is 1. The van der Waals surface area contributed by atoms with Crippen LogP contribution in [-0.2, 0) is 0 Å². The highest BCUT2D eigenvalue weighted by Crippen LogP contribution is 2.26. The maximum absolute atomic E-state index is 6.06. The van der Waals surface area contributed by atoms with Gasteiger partial charge in [0.15, 0.2) is 0 Å². The van der Waals surface area contributed by atoms with Crippen LogP contribution in [-0.4, -0.2) is 4.98 Å². The highest BCUT2D eigenvalue weighted by atomic mass is 35.5. The van der Waals surface area contributed by atoms with Crippen molar-refractivity contribution >= 4 is 35.4 Å². The predicted molar refractivity (Wildman–Crippen MR) is 69.6 cm³/mol. The third-order valence-corrected chi connectivity index (χ3v) is 2.98. The van der Waals surface area contributed by atoms with Gasteiger partial charge in [-0.25, -0.2) is 0 Å². The van der Waals surface area contributed by atoms with Crippen molar-refractivity contribution in [3.8, 4) is 0 Å². The summed E-state index contributed by atoms with van der Waals surface area (Å²) in [6.45, 7) is 0. The number of rotatable bonds is 2. The van der Waals surface area contributed by atoms with Crippen LogP contribution in [0.5, 0.6) is 0 Å². The van der Waals surface area contributed by atoms with E-state index < -0.39 is 0 Å². The van der Waals surface area contributed by atoms with Crippen molar-refractivity contribution in [3.05, 3.63) is 63.9 Å². The molecule has 0 fully saturated rings. The molecule has 0 atom stereocenters. The van der Waals surface area contributed by atoms with Crippen LogP contribution in [0.2, 0.25) is 10.0 Å². The molecule has 0 N–H and O–H groups in total. The van der Waals surface area contributed by atoms with Gasteiger partial charge >= 0.3 is 0 Å². The second-order valence-corrected chi connectivity index (χ2v) is 4.04. The summed E-state index contributed by atoms with van der Waals surface area (Å²) < 4.78 is 0. The Labute approximate surface area is 104 Å². The van der Waals surface area contributed by atoms with Crippen LogP contribution in [0.25, 0.3) is 12.2 Å². The Kier molecular flexibility index (Phi) is 3.60. The number of benzene rings is 1. The van der Waals surface area contributed by atoms with Gasteiger partial charge in [0.25, 0.3) is 0 Å². The van der Waals surface area contributed by atoms with E-state index in [-0.39, 0.29) is 0 Å². The van der Waals surface area contributed by atoms with E-state index in [0.717, 1.165) is 11.1 Å². The van der Waals surface area contributed by atoms with Crippen molar-refractivity contribution < 1.29 is 0 Å². The Morgan fingerprint density at radius 3 is 2.44 bits per heavy atom. The number of hydrogen-bond acceptors (Lipinski definition) is 1. The molecule has 2 aromatic rings. The van der Waals surface area contributed by atoms with Gasteiger partial charge < -0.3 is 0 Å². The molecular formula is C13H9Cl2N. The van der Waals surface area contributed by atoms with Crippen LogP contribution in [0.4, 0.5) is 0 Å². The molecule has 0 radical (unpaired) electrons. The fraction of sp³-hybridized carbons (Fsp3) is 0. The monoisotopic (exact) mass is 249 g/mol. The number of halogens is 2. The summed E-state index contributed by atoms with van der Waals surface area (Å²) in [6.07, 6.45) is 7.40. The minimum absolute atomic E-state index is 0.568. The van der Waals surface area contributed by atoms with Crippen molar-refractivity contribution in [3.63, 3.8) is 0 Å². The van der Waals surface area contributed by atoms with Gasteiger partial charge in [0.2, 0.25) is 0 Å². The molecule has 1 aromatic carbocycles. The fourth-order valence-electron chi connectivity index (χ4n) is 1.31. The Hall–Kier alpha value is -1.31. The van der Waals surface area contributed by atoms with Gasteiger partial charge in [-0.2, -0.15) is 0 Å². The van der Waals surface area contributed by atoms with E-state index in [9.17, 15) is 0 Å². The van der Waals surface area contributed by atoms with Crippen molar-refractivity contribution in [1.29, 1.82) is 0 Å². The molecule has 0 aliphatic heterocycles. The van der Waals surface area contributed by atoms with Crippen LogP contribution in [0.1, 0.15) is 11.1 Å². The Morgan fingerprint density at radius 1 is 0.938 bits per heavy atom. The zero-order valence-electron chi connectivity index (χ0n) is 8.40. The summed E-state index contributed by atoms with van der Waals surface area (Å²) in [4.78, 5) is 3.95. The Morgan fingerprint density at radius 2 is 1.69 bits per heavy atom. The van der Waals surface area contributed by atoms with Crippen molar-refractivity contribution in [2.45, 2.75) is 0 Å². The van der Waals surface area contributed by atoms with E-state index in [1.807, 2.05) is 36.4 Å². The first-order valence-electron chi connectivity index (χ1n) is 4.79. The third kappa shape index (κ3) is 2.63. The Balaban J connectivity index is 2.28. The molecule has 0 bridgehead atoms. The van der Waals surface area contributed by atoms with Crippen LogP contribution in [0.3, 0.4) is 0 Å². The lowest BCUT2D eigenvalue weighted by molar-refractivity contribution is 1.32. The first kappa shape index (κ1) is 11.2. The molecule has 1 nitrogen and oxygen atoms in total. The quantitative estimate of drug-likeness (QED) is 0.761. The molecule has 0 aliphatic carbocycles. The van der Waals surface area contributed by atoms with Crippen molar-refractivity contribution in [1.82, 2.24) is 4.98 Å².